The fourth-order valence-electron chi connectivity index (χ4n) is 1.70. The molecular formula is C10H16N4S. The molecule has 2 heterocycles. The largest absolute Gasteiger partial charge is 0.366 e. The number of nitrogens with one attached hydrogen (secondary N) is 2. The molecule has 0 amide bonds. The number of piperidine rings is 1. The Kier molecular flexibility index (Phi) is 3.80. The highest BCUT2D eigenvalue weighted by atomic mass is 32.2. The number of anilines is 1. The molecule has 82 valence electrons. The lowest BCUT2D eigenvalue weighted by atomic mass is 10.1. The zero-order valence-electron chi connectivity index (χ0n) is 8.86. The third-order valence-corrected chi connectivity index (χ3v) is 3.03. The van der Waals surface area contributed by atoms with E-state index in [1.54, 1.807) is 18.0 Å². The lowest BCUT2D eigenvalue weighted by molar-refractivity contribution is 0.478. The number of nitrogens with zero attached hydrogens (tertiary/aromatic N) is 2. The first-order valence-corrected chi connectivity index (χ1v) is 6.45. The van der Waals surface area contributed by atoms with Gasteiger partial charge < -0.3 is 10.6 Å². The van der Waals surface area contributed by atoms with Crippen LogP contribution in [0, 0.1) is 0 Å². The highest BCUT2D eigenvalue weighted by Gasteiger charge is 2.12. The Morgan fingerprint density at radius 2 is 2.53 bits per heavy atom. The molecule has 1 atom stereocenters. The van der Waals surface area contributed by atoms with E-state index in [1.807, 2.05) is 12.3 Å². The van der Waals surface area contributed by atoms with Gasteiger partial charge in [0.05, 0.1) is 0 Å². The van der Waals surface area contributed by atoms with Gasteiger partial charge in [-0.25, -0.2) is 9.97 Å². The van der Waals surface area contributed by atoms with Gasteiger partial charge in [-0.15, -0.1) is 0 Å². The summed E-state index contributed by atoms with van der Waals surface area (Å²) in [5.41, 5.74) is 0. The number of hydrogen-bond donors (Lipinski definition) is 2. The summed E-state index contributed by atoms with van der Waals surface area (Å²) in [5.74, 6) is 0.933. The summed E-state index contributed by atoms with van der Waals surface area (Å²) in [6.07, 6.45) is 6.24. The summed E-state index contributed by atoms with van der Waals surface area (Å²) in [6.45, 7) is 2.16. The van der Waals surface area contributed by atoms with Crippen LogP contribution in [-0.2, 0) is 0 Å². The van der Waals surface area contributed by atoms with Gasteiger partial charge in [-0.3, -0.25) is 0 Å². The van der Waals surface area contributed by atoms with Gasteiger partial charge in [0, 0.05) is 18.8 Å². The normalized spacial score (nSPS) is 21.3. The molecular weight excluding hydrogens is 208 g/mol. The minimum absolute atomic E-state index is 0.503. The number of thioether (sulfide) groups is 1. The van der Waals surface area contributed by atoms with Gasteiger partial charge in [-0.05, 0) is 31.7 Å². The summed E-state index contributed by atoms with van der Waals surface area (Å²) >= 11 is 1.57. The molecule has 1 fully saturated rings. The molecule has 0 bridgehead atoms. The second kappa shape index (κ2) is 5.32. The molecule has 0 saturated carbocycles. The number of hydrogen-bond acceptors (Lipinski definition) is 5. The van der Waals surface area contributed by atoms with E-state index < -0.39 is 0 Å². The van der Waals surface area contributed by atoms with Crippen molar-refractivity contribution in [2.75, 3.05) is 24.7 Å². The molecule has 5 heteroatoms. The molecule has 0 radical (unpaired) electrons. The average molecular weight is 224 g/mol. The van der Waals surface area contributed by atoms with E-state index in [2.05, 4.69) is 20.6 Å². The smallest absolute Gasteiger partial charge is 0.189 e. The molecule has 0 aromatic carbocycles. The van der Waals surface area contributed by atoms with Crippen molar-refractivity contribution in [3.63, 3.8) is 0 Å². The van der Waals surface area contributed by atoms with Crippen molar-refractivity contribution in [1.82, 2.24) is 15.3 Å². The Hall–Kier alpha value is -0.810. The van der Waals surface area contributed by atoms with Crippen molar-refractivity contribution < 1.29 is 0 Å². The van der Waals surface area contributed by atoms with E-state index in [9.17, 15) is 0 Å². The van der Waals surface area contributed by atoms with Gasteiger partial charge in [0.2, 0.25) is 0 Å². The molecule has 1 aliphatic heterocycles. The molecule has 0 spiro atoms. The van der Waals surface area contributed by atoms with Crippen LogP contribution < -0.4 is 10.6 Å². The first-order chi connectivity index (χ1) is 7.38. The standard InChI is InChI=1S/C10H16N4S/c1-15-10-12-6-4-9(14-10)13-8-3-2-5-11-7-8/h4,6,8,11H,2-3,5,7H2,1H3,(H,12,13,14)/t8-/m0/s1. The quantitative estimate of drug-likeness (QED) is 0.600. The Morgan fingerprint density at radius 3 is 3.27 bits per heavy atom. The maximum Gasteiger partial charge on any atom is 0.189 e. The lowest BCUT2D eigenvalue weighted by Gasteiger charge is -2.24. The Balaban J connectivity index is 1.96. The molecule has 1 aromatic heterocycles. The third kappa shape index (κ3) is 3.07. The van der Waals surface area contributed by atoms with Crippen LogP contribution in [0.15, 0.2) is 17.4 Å². The monoisotopic (exact) mass is 224 g/mol. The predicted octanol–water partition coefficient (Wildman–Crippen LogP) is 1.36. The van der Waals surface area contributed by atoms with Gasteiger partial charge in [0.1, 0.15) is 5.82 Å². The van der Waals surface area contributed by atoms with Gasteiger partial charge in [0.25, 0.3) is 0 Å². The van der Waals surface area contributed by atoms with E-state index in [-0.39, 0.29) is 0 Å². The second-order valence-corrected chi connectivity index (χ2v) is 4.39. The Labute approximate surface area is 94.3 Å². The first-order valence-electron chi connectivity index (χ1n) is 5.23. The molecule has 1 aliphatic rings. The van der Waals surface area contributed by atoms with Crippen LogP contribution in [0.5, 0.6) is 0 Å². The predicted molar refractivity (Wildman–Crippen MR) is 63.3 cm³/mol. The van der Waals surface area contributed by atoms with E-state index in [4.69, 9.17) is 0 Å². The SMILES string of the molecule is CSc1nccc(N[C@H]2CCCNC2)n1. The van der Waals surface area contributed by atoms with E-state index in [0.29, 0.717) is 6.04 Å². The van der Waals surface area contributed by atoms with Gasteiger partial charge in [0.15, 0.2) is 5.16 Å². The Bertz CT molecular complexity index is 312. The van der Waals surface area contributed by atoms with Crippen molar-refractivity contribution in [3.8, 4) is 0 Å². The van der Waals surface area contributed by atoms with Gasteiger partial charge >= 0.3 is 0 Å². The molecule has 15 heavy (non-hydrogen) atoms. The maximum atomic E-state index is 4.40. The van der Waals surface area contributed by atoms with Crippen molar-refractivity contribution in [2.45, 2.75) is 24.0 Å². The molecule has 0 unspecified atom stereocenters. The van der Waals surface area contributed by atoms with Crippen LogP contribution in [0.25, 0.3) is 0 Å². The van der Waals surface area contributed by atoms with E-state index in [1.165, 1.54) is 12.8 Å². The lowest BCUT2D eigenvalue weighted by Crippen LogP contribution is -2.38. The van der Waals surface area contributed by atoms with Crippen LogP contribution >= 0.6 is 11.8 Å². The van der Waals surface area contributed by atoms with Crippen LogP contribution in [0.4, 0.5) is 5.82 Å². The van der Waals surface area contributed by atoms with Crippen molar-refractivity contribution >= 4 is 17.6 Å². The van der Waals surface area contributed by atoms with Crippen molar-refractivity contribution in [1.29, 1.82) is 0 Å². The molecule has 1 saturated heterocycles. The minimum atomic E-state index is 0.503. The summed E-state index contributed by atoms with van der Waals surface area (Å²) in [6, 6.07) is 2.43. The summed E-state index contributed by atoms with van der Waals surface area (Å²) in [4.78, 5) is 8.55. The minimum Gasteiger partial charge on any atom is -0.366 e. The fourth-order valence-corrected chi connectivity index (χ4v) is 2.06. The zero-order chi connectivity index (χ0) is 10.5. The fraction of sp³-hybridized carbons (Fsp3) is 0.600. The number of rotatable bonds is 3. The van der Waals surface area contributed by atoms with Crippen LogP contribution in [0.1, 0.15) is 12.8 Å². The summed E-state index contributed by atoms with van der Waals surface area (Å²) in [7, 11) is 0. The van der Waals surface area contributed by atoms with Crippen LogP contribution in [-0.4, -0.2) is 35.4 Å². The number of aromatic nitrogens is 2. The van der Waals surface area contributed by atoms with Crippen molar-refractivity contribution in [3.05, 3.63) is 12.3 Å². The topological polar surface area (TPSA) is 49.8 Å². The third-order valence-electron chi connectivity index (χ3n) is 2.46. The second-order valence-electron chi connectivity index (χ2n) is 3.62. The zero-order valence-corrected chi connectivity index (χ0v) is 9.68. The highest BCUT2D eigenvalue weighted by molar-refractivity contribution is 7.98. The molecule has 0 aliphatic carbocycles. The average Bonchev–Trinajstić information content (AvgIpc) is 2.31. The van der Waals surface area contributed by atoms with Gasteiger partial charge in [-0.1, -0.05) is 11.8 Å². The summed E-state index contributed by atoms with van der Waals surface area (Å²) in [5, 5.41) is 7.62. The van der Waals surface area contributed by atoms with Crippen molar-refractivity contribution in [2.24, 2.45) is 0 Å². The molecule has 2 N–H and O–H groups in total. The van der Waals surface area contributed by atoms with Crippen LogP contribution in [0.2, 0.25) is 0 Å². The summed E-state index contributed by atoms with van der Waals surface area (Å²) < 4.78 is 0. The Morgan fingerprint density at radius 1 is 1.60 bits per heavy atom. The maximum absolute atomic E-state index is 4.40. The first kappa shape index (κ1) is 10.7. The molecule has 2 rings (SSSR count). The van der Waals surface area contributed by atoms with Gasteiger partial charge in [-0.2, -0.15) is 0 Å². The molecule has 4 nitrogen and oxygen atoms in total. The van der Waals surface area contributed by atoms with E-state index >= 15 is 0 Å². The highest BCUT2D eigenvalue weighted by Crippen LogP contribution is 2.13. The van der Waals surface area contributed by atoms with Crippen LogP contribution in [0.3, 0.4) is 0 Å². The molecule has 1 aromatic rings. The van der Waals surface area contributed by atoms with E-state index in [0.717, 1.165) is 24.1 Å².